The first-order chi connectivity index (χ1) is 13.2. The Morgan fingerprint density at radius 1 is 0.786 bits per heavy atom. The summed E-state index contributed by atoms with van der Waals surface area (Å²) in [6.45, 7) is 0. The Kier molecular flexibility index (Phi) is 8.14. The zero-order valence-corrected chi connectivity index (χ0v) is 16.5. The predicted octanol–water partition coefficient (Wildman–Crippen LogP) is 3.88. The topological polar surface area (TPSA) is 44.8 Å². The van der Waals surface area contributed by atoms with Crippen LogP contribution in [0.1, 0.15) is 10.4 Å². The summed E-state index contributed by atoms with van der Waals surface area (Å²) >= 11 is 0. The second-order valence-electron chi connectivity index (χ2n) is 5.77. The molecule has 1 atom stereocenters. The van der Waals surface area contributed by atoms with Gasteiger partial charge in [-0.3, -0.25) is 4.79 Å². The van der Waals surface area contributed by atoms with Crippen molar-refractivity contribution in [1.82, 2.24) is 0 Å². The van der Waals surface area contributed by atoms with Crippen LogP contribution in [0, 0.1) is 0 Å². The summed E-state index contributed by atoms with van der Waals surface area (Å²) < 4.78 is 16.1. The fraction of sp³-hybridized carbons (Fsp3) is 0.136. The maximum absolute atomic E-state index is 13.2. The van der Waals surface area contributed by atoms with Crippen LogP contribution < -0.4 is 19.5 Å². The molecule has 0 spiro atoms. The van der Waals surface area contributed by atoms with Crippen LogP contribution in [0.5, 0.6) is 17.2 Å². The Morgan fingerprint density at radius 2 is 1.36 bits per heavy atom. The van der Waals surface area contributed by atoms with Crippen molar-refractivity contribution >= 4 is 38.3 Å². The Labute approximate surface area is 179 Å². The van der Waals surface area contributed by atoms with Crippen LogP contribution in [0.4, 0.5) is 0 Å². The molecule has 3 rings (SSSR count). The summed E-state index contributed by atoms with van der Waals surface area (Å²) in [5.41, 5.74) is 2.52. The molecule has 0 fully saturated rings. The van der Waals surface area contributed by atoms with Crippen molar-refractivity contribution in [2.24, 2.45) is 0 Å². The van der Waals surface area contributed by atoms with E-state index < -0.39 is 0 Å². The number of carbonyl (C=O) groups excluding carboxylic acids is 1. The van der Waals surface area contributed by atoms with Crippen molar-refractivity contribution in [2.45, 2.75) is 0 Å². The molecule has 0 N–H and O–H groups in total. The van der Waals surface area contributed by atoms with Gasteiger partial charge in [-0.15, -0.1) is 0 Å². The van der Waals surface area contributed by atoms with Crippen LogP contribution in [0.15, 0.2) is 66.7 Å². The third kappa shape index (κ3) is 4.78. The van der Waals surface area contributed by atoms with E-state index in [1.165, 1.54) is 14.2 Å². The number of rotatable bonds is 7. The second-order valence-corrected chi connectivity index (χ2v) is 7.02. The van der Waals surface area contributed by atoms with E-state index in [4.69, 9.17) is 14.2 Å². The van der Waals surface area contributed by atoms with Crippen LogP contribution in [0.2, 0.25) is 0 Å². The molecule has 6 heteroatoms. The van der Waals surface area contributed by atoms with Gasteiger partial charge < -0.3 is 14.2 Å². The molecule has 0 saturated carbocycles. The molecule has 140 valence electrons. The third-order valence-corrected chi connectivity index (χ3v) is 5.38. The minimum absolute atomic E-state index is 0. The van der Waals surface area contributed by atoms with Gasteiger partial charge in [0.1, 0.15) is 22.8 Å². The molecule has 0 bridgehead atoms. The molecule has 0 amide bonds. The zero-order valence-electron chi connectivity index (χ0n) is 15.5. The zero-order chi connectivity index (χ0) is 19.2. The summed E-state index contributed by atoms with van der Waals surface area (Å²) in [6, 6.07) is 21.4. The molecule has 4 nitrogen and oxygen atoms in total. The van der Waals surface area contributed by atoms with Crippen molar-refractivity contribution in [1.29, 1.82) is 0 Å². The van der Waals surface area contributed by atoms with Crippen LogP contribution in [-0.2, 0) is 0 Å². The molecule has 1 unspecified atom stereocenters. The first-order valence-corrected chi connectivity index (χ1v) is 9.43. The van der Waals surface area contributed by atoms with Crippen LogP contribution in [0.3, 0.4) is 0 Å². The molecule has 0 aromatic heterocycles. The van der Waals surface area contributed by atoms with Crippen molar-refractivity contribution in [3.63, 3.8) is 0 Å². The molecular formula is C22H22LiO4P. The summed E-state index contributed by atoms with van der Waals surface area (Å²) in [5.74, 6) is 1.47. The second kappa shape index (κ2) is 10.3. The number of hydrogen-bond acceptors (Lipinski definition) is 4. The van der Waals surface area contributed by atoms with Crippen molar-refractivity contribution in [2.75, 3.05) is 21.3 Å². The molecule has 3 aromatic carbocycles. The van der Waals surface area contributed by atoms with Gasteiger partial charge >= 0.3 is 18.9 Å². The number of methoxy groups -OCH3 is 3. The Bertz CT molecular complexity index is 919. The minimum atomic E-state index is -0.0634. The molecular weight excluding hydrogens is 366 g/mol. The van der Waals surface area contributed by atoms with Crippen LogP contribution in [-0.4, -0.2) is 45.7 Å². The van der Waals surface area contributed by atoms with Crippen molar-refractivity contribution in [3.8, 4) is 28.4 Å². The molecule has 28 heavy (non-hydrogen) atoms. The van der Waals surface area contributed by atoms with Crippen molar-refractivity contribution in [3.05, 3.63) is 72.3 Å². The van der Waals surface area contributed by atoms with E-state index in [9.17, 15) is 4.79 Å². The quantitative estimate of drug-likeness (QED) is 0.455. The van der Waals surface area contributed by atoms with Gasteiger partial charge in [0.2, 0.25) is 0 Å². The molecule has 0 aliphatic heterocycles. The van der Waals surface area contributed by atoms with Gasteiger partial charge in [-0.05, 0) is 25.0 Å². The van der Waals surface area contributed by atoms with Gasteiger partial charge in [0.25, 0.3) is 0 Å². The number of ether oxygens (including phenoxy) is 3. The molecule has 0 aliphatic rings. The molecule has 0 heterocycles. The van der Waals surface area contributed by atoms with Gasteiger partial charge in [0.05, 0.1) is 21.3 Å². The maximum atomic E-state index is 13.2. The fourth-order valence-corrected chi connectivity index (χ4v) is 4.03. The van der Waals surface area contributed by atoms with E-state index >= 15 is 0 Å². The predicted molar refractivity (Wildman–Crippen MR) is 117 cm³/mol. The molecule has 0 saturated heterocycles. The summed E-state index contributed by atoms with van der Waals surface area (Å²) in [6.07, 6.45) is 0. The molecule has 0 aliphatic carbocycles. The van der Waals surface area contributed by atoms with Crippen LogP contribution in [0.25, 0.3) is 11.1 Å². The monoisotopic (exact) mass is 388 g/mol. The summed E-state index contributed by atoms with van der Waals surface area (Å²) in [7, 11) is 4.57. The van der Waals surface area contributed by atoms with E-state index in [-0.39, 0.29) is 33.0 Å². The van der Waals surface area contributed by atoms with Gasteiger partial charge in [-0.1, -0.05) is 54.6 Å². The van der Waals surface area contributed by atoms with Crippen LogP contribution >= 0.6 is 8.58 Å². The standard InChI is InChI=1S/C22H21O4P.Li.H/c1-24-16-13-18(25-2)21(19(14-16)26-3)22(23)27-20-12-8-7-11-17(20)15-9-5-4-6-10-15;;/h4-14,27H,1-3H3;;. The first kappa shape index (κ1) is 22.1. The number of carbonyl (C=O) groups is 1. The van der Waals surface area contributed by atoms with Gasteiger partial charge in [-0.2, -0.15) is 0 Å². The first-order valence-electron chi connectivity index (χ1n) is 8.43. The fourth-order valence-electron chi connectivity index (χ4n) is 2.88. The Balaban J connectivity index is 0.00000280. The average Bonchev–Trinajstić information content (AvgIpc) is 2.73. The van der Waals surface area contributed by atoms with Crippen molar-refractivity contribution < 1.29 is 19.0 Å². The normalized spacial score (nSPS) is 10.4. The third-order valence-electron chi connectivity index (χ3n) is 4.20. The van der Waals surface area contributed by atoms with E-state index in [1.807, 2.05) is 54.6 Å². The average molecular weight is 388 g/mol. The van der Waals surface area contributed by atoms with E-state index in [2.05, 4.69) is 0 Å². The summed E-state index contributed by atoms with van der Waals surface area (Å²) in [4.78, 5) is 13.2. The Hall–Kier alpha value is -2.24. The van der Waals surface area contributed by atoms with E-state index in [0.29, 0.717) is 22.8 Å². The van der Waals surface area contributed by atoms with Gasteiger partial charge in [0, 0.05) is 12.1 Å². The number of hydrogen-bond donors (Lipinski definition) is 0. The molecule has 0 radical (unpaired) electrons. The summed E-state index contributed by atoms with van der Waals surface area (Å²) in [5, 5.41) is 0.980. The van der Waals surface area contributed by atoms with E-state index in [1.54, 1.807) is 19.2 Å². The SMILES string of the molecule is COc1cc(OC)c(C(=O)Pc2ccccc2-c2ccccc2)c(OC)c1.[LiH]. The molecule has 3 aromatic rings. The van der Waals surface area contributed by atoms with E-state index in [0.717, 1.165) is 16.4 Å². The number of benzene rings is 3. The Morgan fingerprint density at radius 3 is 1.93 bits per heavy atom. The van der Waals surface area contributed by atoms with Gasteiger partial charge in [-0.25, -0.2) is 0 Å². The van der Waals surface area contributed by atoms with Gasteiger partial charge in [0.15, 0.2) is 5.52 Å².